The topological polar surface area (TPSA) is 102 Å². The Morgan fingerprint density at radius 2 is 1.83 bits per heavy atom. The molecule has 2 rings (SSSR count). The lowest BCUT2D eigenvalue weighted by Gasteiger charge is -2.37. The molecule has 7 nitrogen and oxygen atoms in total. The maximum atomic E-state index is 12.1. The van der Waals surface area contributed by atoms with Crippen LogP contribution >= 0.6 is 24.8 Å². The molecule has 1 aromatic rings. The van der Waals surface area contributed by atoms with Crippen molar-refractivity contribution in [3.8, 4) is 5.75 Å². The smallest absolute Gasteiger partial charge is 0.240 e. The molecular formula is C15H24Cl2N4O3. The molecule has 0 aromatic heterocycles. The molecule has 0 saturated carbocycles. The number of halogens is 2. The van der Waals surface area contributed by atoms with Gasteiger partial charge in [-0.05, 0) is 12.1 Å². The van der Waals surface area contributed by atoms with Gasteiger partial charge in [-0.25, -0.2) is 0 Å². The second-order valence-electron chi connectivity index (χ2n) is 5.29. The zero-order valence-electron chi connectivity index (χ0n) is 13.5. The van der Waals surface area contributed by atoms with E-state index in [0.29, 0.717) is 26.2 Å². The van der Waals surface area contributed by atoms with Crippen LogP contribution in [0.4, 0.5) is 5.69 Å². The molecule has 1 aliphatic rings. The summed E-state index contributed by atoms with van der Waals surface area (Å²) in [6.45, 7) is 2.56. The average molecular weight is 379 g/mol. The van der Waals surface area contributed by atoms with E-state index in [0.717, 1.165) is 11.4 Å². The standard InChI is InChI=1S/C15H22N4O3.2ClH/c1-22-12-4-2-3-11(9-12)18-5-7-19(8-6-18)15(21)13(16)10-14(17)20;;/h2-4,9,13H,5-8,10,16H2,1H3,(H2,17,20);2*1H. The van der Waals surface area contributed by atoms with Gasteiger partial charge in [0.2, 0.25) is 11.8 Å². The van der Waals surface area contributed by atoms with Crippen LogP contribution in [0, 0.1) is 0 Å². The molecule has 0 aliphatic carbocycles. The van der Waals surface area contributed by atoms with Crippen LogP contribution in [0.15, 0.2) is 24.3 Å². The first-order valence-electron chi connectivity index (χ1n) is 7.23. The quantitative estimate of drug-likeness (QED) is 0.771. The summed E-state index contributed by atoms with van der Waals surface area (Å²) in [5.41, 5.74) is 11.8. The predicted octanol–water partition coefficient (Wildman–Crippen LogP) is 0.390. The number of methoxy groups -OCH3 is 1. The van der Waals surface area contributed by atoms with Gasteiger partial charge in [0.15, 0.2) is 0 Å². The molecule has 1 fully saturated rings. The molecule has 1 heterocycles. The van der Waals surface area contributed by atoms with Crippen LogP contribution in [-0.4, -0.2) is 56.0 Å². The van der Waals surface area contributed by atoms with E-state index in [1.54, 1.807) is 12.0 Å². The number of benzene rings is 1. The summed E-state index contributed by atoms with van der Waals surface area (Å²) in [4.78, 5) is 26.8. The zero-order valence-corrected chi connectivity index (χ0v) is 15.1. The van der Waals surface area contributed by atoms with Crippen molar-refractivity contribution in [3.63, 3.8) is 0 Å². The summed E-state index contributed by atoms with van der Waals surface area (Å²) in [5.74, 6) is 0.0273. The van der Waals surface area contributed by atoms with Crippen LogP contribution in [-0.2, 0) is 9.59 Å². The third-order valence-electron chi connectivity index (χ3n) is 3.75. The molecule has 1 atom stereocenters. The van der Waals surface area contributed by atoms with Gasteiger partial charge >= 0.3 is 0 Å². The van der Waals surface area contributed by atoms with Crippen molar-refractivity contribution < 1.29 is 14.3 Å². The Labute approximate surface area is 154 Å². The molecule has 0 radical (unpaired) electrons. The molecule has 1 unspecified atom stereocenters. The first-order chi connectivity index (χ1) is 10.5. The summed E-state index contributed by atoms with van der Waals surface area (Å²) in [7, 11) is 1.63. The summed E-state index contributed by atoms with van der Waals surface area (Å²) >= 11 is 0. The number of amides is 2. The fourth-order valence-corrected chi connectivity index (χ4v) is 2.53. The molecular weight excluding hydrogens is 355 g/mol. The Morgan fingerprint density at radius 3 is 2.38 bits per heavy atom. The molecule has 24 heavy (non-hydrogen) atoms. The molecule has 0 spiro atoms. The highest BCUT2D eigenvalue weighted by atomic mass is 35.5. The Morgan fingerprint density at radius 1 is 1.21 bits per heavy atom. The minimum atomic E-state index is -0.846. The monoisotopic (exact) mass is 378 g/mol. The van der Waals surface area contributed by atoms with Crippen LogP contribution in [0.1, 0.15) is 6.42 Å². The lowest BCUT2D eigenvalue weighted by molar-refractivity contribution is -0.134. The van der Waals surface area contributed by atoms with E-state index in [2.05, 4.69) is 4.90 Å². The van der Waals surface area contributed by atoms with Crippen molar-refractivity contribution in [2.75, 3.05) is 38.2 Å². The summed E-state index contributed by atoms with van der Waals surface area (Å²) < 4.78 is 5.22. The van der Waals surface area contributed by atoms with Gasteiger partial charge < -0.3 is 26.0 Å². The number of carbonyl (C=O) groups excluding carboxylic acids is 2. The molecule has 9 heteroatoms. The highest BCUT2D eigenvalue weighted by Crippen LogP contribution is 2.22. The average Bonchev–Trinajstić information content (AvgIpc) is 2.53. The number of hydrogen-bond donors (Lipinski definition) is 2. The molecule has 1 saturated heterocycles. The normalized spacial score (nSPS) is 14.9. The highest BCUT2D eigenvalue weighted by Gasteiger charge is 2.26. The Bertz CT molecular complexity index is 551. The second kappa shape index (κ2) is 10.2. The SMILES string of the molecule is COc1cccc(N2CCN(C(=O)C(N)CC(N)=O)CC2)c1.Cl.Cl. The van der Waals surface area contributed by atoms with E-state index in [4.69, 9.17) is 16.2 Å². The Hall–Kier alpha value is -1.70. The highest BCUT2D eigenvalue weighted by molar-refractivity contribution is 5.87. The minimum absolute atomic E-state index is 0. The van der Waals surface area contributed by atoms with Gasteiger partial charge in [-0.2, -0.15) is 0 Å². The van der Waals surface area contributed by atoms with Gasteiger partial charge in [-0.1, -0.05) is 6.07 Å². The number of primary amides is 1. The fraction of sp³-hybridized carbons (Fsp3) is 0.467. The lowest BCUT2D eigenvalue weighted by Crippen LogP contribution is -2.53. The number of piperazine rings is 1. The van der Waals surface area contributed by atoms with Gasteiger partial charge in [0.25, 0.3) is 0 Å². The number of nitrogens with two attached hydrogens (primary N) is 2. The second-order valence-corrected chi connectivity index (χ2v) is 5.29. The summed E-state index contributed by atoms with van der Waals surface area (Å²) in [6.07, 6.45) is -0.116. The fourth-order valence-electron chi connectivity index (χ4n) is 2.53. The first-order valence-corrected chi connectivity index (χ1v) is 7.23. The third kappa shape index (κ3) is 5.74. The third-order valence-corrected chi connectivity index (χ3v) is 3.75. The summed E-state index contributed by atoms with van der Waals surface area (Å²) in [6, 6.07) is 6.97. The van der Waals surface area contributed by atoms with Crippen LogP contribution < -0.4 is 21.1 Å². The van der Waals surface area contributed by atoms with Crippen LogP contribution in [0.5, 0.6) is 5.75 Å². The number of carbonyl (C=O) groups is 2. The van der Waals surface area contributed by atoms with Crippen molar-refractivity contribution in [1.29, 1.82) is 0 Å². The van der Waals surface area contributed by atoms with Gasteiger partial charge in [0.05, 0.1) is 19.6 Å². The molecule has 2 amide bonds. The van der Waals surface area contributed by atoms with E-state index in [9.17, 15) is 9.59 Å². The van der Waals surface area contributed by atoms with Gasteiger partial charge in [0, 0.05) is 37.9 Å². The molecule has 136 valence electrons. The number of nitrogens with zero attached hydrogens (tertiary/aromatic N) is 2. The van der Waals surface area contributed by atoms with Crippen LogP contribution in [0.3, 0.4) is 0 Å². The van der Waals surface area contributed by atoms with Crippen LogP contribution in [0.25, 0.3) is 0 Å². The number of rotatable bonds is 5. The largest absolute Gasteiger partial charge is 0.497 e. The minimum Gasteiger partial charge on any atom is -0.497 e. The zero-order chi connectivity index (χ0) is 16.1. The lowest BCUT2D eigenvalue weighted by atomic mass is 10.1. The Balaban J connectivity index is 0.00000264. The number of ether oxygens (including phenoxy) is 1. The number of anilines is 1. The molecule has 0 bridgehead atoms. The molecule has 1 aliphatic heterocycles. The maximum absolute atomic E-state index is 12.1. The predicted molar refractivity (Wildman–Crippen MR) is 98.1 cm³/mol. The van der Waals surface area contributed by atoms with E-state index < -0.39 is 11.9 Å². The van der Waals surface area contributed by atoms with Gasteiger partial charge in [-0.15, -0.1) is 24.8 Å². The van der Waals surface area contributed by atoms with E-state index in [1.807, 2.05) is 24.3 Å². The van der Waals surface area contributed by atoms with Crippen LogP contribution in [0.2, 0.25) is 0 Å². The van der Waals surface area contributed by atoms with Crippen molar-refractivity contribution in [2.45, 2.75) is 12.5 Å². The Kier molecular flexibility index (Phi) is 9.50. The van der Waals surface area contributed by atoms with Crippen molar-refractivity contribution in [3.05, 3.63) is 24.3 Å². The summed E-state index contributed by atoms with van der Waals surface area (Å²) in [5, 5.41) is 0. The van der Waals surface area contributed by atoms with E-state index >= 15 is 0 Å². The van der Waals surface area contributed by atoms with E-state index in [1.165, 1.54) is 0 Å². The molecule has 4 N–H and O–H groups in total. The van der Waals surface area contributed by atoms with Crippen molar-refractivity contribution in [2.24, 2.45) is 11.5 Å². The van der Waals surface area contributed by atoms with Crippen molar-refractivity contribution in [1.82, 2.24) is 4.90 Å². The van der Waals surface area contributed by atoms with Gasteiger partial charge in [0.1, 0.15) is 5.75 Å². The number of hydrogen-bond acceptors (Lipinski definition) is 5. The van der Waals surface area contributed by atoms with Gasteiger partial charge in [-0.3, -0.25) is 9.59 Å². The first kappa shape index (κ1) is 22.3. The van der Waals surface area contributed by atoms with E-state index in [-0.39, 0.29) is 37.1 Å². The maximum Gasteiger partial charge on any atom is 0.240 e. The molecule has 1 aromatic carbocycles. The van der Waals surface area contributed by atoms with Crippen molar-refractivity contribution >= 4 is 42.3 Å².